The monoisotopic (exact) mass is 250 g/mol. The highest BCUT2D eigenvalue weighted by molar-refractivity contribution is 5.64. The van der Waals surface area contributed by atoms with Gasteiger partial charge in [-0.3, -0.25) is 4.79 Å². The molecule has 0 aromatic rings. The first kappa shape index (κ1) is 18.9. The van der Waals surface area contributed by atoms with Crippen molar-refractivity contribution in [1.29, 1.82) is 0 Å². The van der Waals surface area contributed by atoms with E-state index in [-0.39, 0.29) is 0 Å². The number of unbranched alkanes of at least 4 members (excludes halogenated alkanes) is 6. The largest absolute Gasteiger partial charge is 0.303 e. The molecule has 0 radical (unpaired) electrons. The summed E-state index contributed by atoms with van der Waals surface area (Å²) in [6, 6.07) is 0. The zero-order valence-corrected chi connectivity index (χ0v) is 11.4. The first-order chi connectivity index (χ1) is 8.83. The van der Waals surface area contributed by atoms with Crippen molar-refractivity contribution < 1.29 is 9.59 Å². The van der Waals surface area contributed by atoms with Gasteiger partial charge in [-0.2, -0.15) is 0 Å². The molecule has 0 saturated heterocycles. The van der Waals surface area contributed by atoms with E-state index in [4.69, 9.17) is 0 Å². The average molecular weight is 250 g/mol. The van der Waals surface area contributed by atoms with Crippen molar-refractivity contribution in [1.82, 2.24) is 0 Å². The fourth-order valence-corrected chi connectivity index (χ4v) is 1.22. The number of carbonyl (C=O) groups is 2. The van der Waals surface area contributed by atoms with Crippen LogP contribution in [0.2, 0.25) is 0 Å². The Morgan fingerprint density at radius 1 is 0.722 bits per heavy atom. The molecule has 0 rings (SSSR count). The van der Waals surface area contributed by atoms with Crippen LogP contribution in [0.1, 0.15) is 51.4 Å². The van der Waals surface area contributed by atoms with E-state index in [1.807, 2.05) is 18.2 Å². The zero-order chi connectivity index (χ0) is 13.9. The molecule has 0 aromatic heterocycles. The molecule has 0 spiro atoms. The molecule has 0 unspecified atom stereocenters. The molecule has 0 aromatic carbocycles. The van der Waals surface area contributed by atoms with Crippen molar-refractivity contribution in [3.8, 4) is 0 Å². The first-order valence-corrected chi connectivity index (χ1v) is 6.59. The highest BCUT2D eigenvalue weighted by Crippen LogP contribution is 2.00. The lowest BCUT2D eigenvalue weighted by Gasteiger charge is -1.91. The van der Waals surface area contributed by atoms with Crippen LogP contribution >= 0.6 is 0 Å². The van der Waals surface area contributed by atoms with Gasteiger partial charge in [0.25, 0.3) is 0 Å². The number of carbonyl (C=O) groups excluding carboxylic acids is 2. The van der Waals surface area contributed by atoms with E-state index in [1.54, 1.807) is 0 Å². The second-order valence-corrected chi connectivity index (χ2v) is 3.88. The third-order valence-corrected chi connectivity index (χ3v) is 2.22. The summed E-state index contributed by atoms with van der Waals surface area (Å²) in [7, 11) is 0. The Morgan fingerprint density at radius 2 is 1.33 bits per heavy atom. The summed E-state index contributed by atoms with van der Waals surface area (Å²) in [5.41, 5.74) is 0. The van der Waals surface area contributed by atoms with Gasteiger partial charge in [0, 0.05) is 6.42 Å². The van der Waals surface area contributed by atoms with E-state index in [2.05, 4.69) is 13.2 Å². The molecule has 0 bridgehead atoms. The molecule has 0 fully saturated rings. The van der Waals surface area contributed by atoms with Crippen LogP contribution in [-0.4, -0.2) is 12.6 Å². The summed E-state index contributed by atoms with van der Waals surface area (Å²) in [5.74, 6) is 0. The number of allylic oxidation sites excluding steroid dienone is 4. The molecular formula is C16H26O2. The van der Waals surface area contributed by atoms with Crippen LogP contribution in [0.4, 0.5) is 0 Å². The van der Waals surface area contributed by atoms with Crippen molar-refractivity contribution in [2.45, 2.75) is 51.4 Å². The van der Waals surface area contributed by atoms with Crippen molar-refractivity contribution in [2.75, 3.05) is 0 Å². The topological polar surface area (TPSA) is 34.1 Å². The Morgan fingerprint density at radius 3 is 1.89 bits per heavy atom. The van der Waals surface area contributed by atoms with Crippen LogP contribution in [0.15, 0.2) is 37.5 Å². The molecule has 18 heavy (non-hydrogen) atoms. The highest BCUT2D eigenvalue weighted by Gasteiger charge is 1.84. The first-order valence-electron chi connectivity index (χ1n) is 6.59. The van der Waals surface area contributed by atoms with Gasteiger partial charge in [0.15, 0.2) is 0 Å². The average Bonchev–Trinajstić information content (AvgIpc) is 2.39. The normalized spacial score (nSPS) is 9.33. The lowest BCUT2D eigenvalue weighted by Crippen LogP contribution is -1.76. The van der Waals surface area contributed by atoms with Gasteiger partial charge in [-0.05, 0) is 44.6 Å². The lowest BCUT2D eigenvalue weighted by atomic mass is 10.1. The summed E-state index contributed by atoms with van der Waals surface area (Å²) >= 11 is 0. The third-order valence-electron chi connectivity index (χ3n) is 2.22. The maximum Gasteiger partial charge on any atom is 0.142 e. The minimum absolute atomic E-state index is 0.719. The van der Waals surface area contributed by atoms with Gasteiger partial charge in [0.1, 0.15) is 12.6 Å². The molecule has 2 nitrogen and oxygen atoms in total. The van der Waals surface area contributed by atoms with Crippen LogP contribution in [0.25, 0.3) is 0 Å². The molecule has 0 heterocycles. The van der Waals surface area contributed by atoms with E-state index in [0.29, 0.717) is 0 Å². The number of hydrogen-bond acceptors (Lipinski definition) is 2. The van der Waals surface area contributed by atoms with Crippen molar-refractivity contribution >= 4 is 12.6 Å². The van der Waals surface area contributed by atoms with Crippen LogP contribution in [-0.2, 0) is 9.59 Å². The van der Waals surface area contributed by atoms with Gasteiger partial charge in [-0.1, -0.05) is 24.6 Å². The smallest absolute Gasteiger partial charge is 0.142 e. The van der Waals surface area contributed by atoms with Crippen LogP contribution in [0.3, 0.4) is 0 Å². The second kappa shape index (κ2) is 20.9. The predicted octanol–water partition coefficient (Wildman–Crippen LogP) is 4.42. The molecule has 0 atom stereocenters. The fraction of sp³-hybridized carbons (Fsp3) is 0.500. The summed E-state index contributed by atoms with van der Waals surface area (Å²) in [5, 5.41) is 0. The molecule has 0 amide bonds. The van der Waals surface area contributed by atoms with Gasteiger partial charge in [0.2, 0.25) is 0 Å². The summed E-state index contributed by atoms with van der Waals surface area (Å²) in [6.45, 7) is 7.19. The molecule has 102 valence electrons. The molecule has 0 aliphatic heterocycles. The van der Waals surface area contributed by atoms with E-state index in [9.17, 15) is 9.59 Å². The van der Waals surface area contributed by atoms with Gasteiger partial charge in [-0.25, -0.2) is 0 Å². The standard InChI is InChI=1S/C8H14O.C8H12O/c2*1-2-3-4-5-6-7-8-9/h2,8H,1,3-7H2;2,6-8H,1,3-5H2/b;7-6+. The van der Waals surface area contributed by atoms with Gasteiger partial charge in [-0.15, -0.1) is 13.2 Å². The molecule has 0 aliphatic carbocycles. The SMILES string of the molecule is C=CCCC/C=C/C=O.C=CCCCCCC=O. The third kappa shape index (κ3) is 24.0. The summed E-state index contributed by atoms with van der Waals surface area (Å²) in [4.78, 5) is 19.5. The van der Waals surface area contributed by atoms with Crippen LogP contribution in [0, 0.1) is 0 Å². The zero-order valence-electron chi connectivity index (χ0n) is 11.4. The molecule has 0 saturated carbocycles. The van der Waals surface area contributed by atoms with E-state index in [0.717, 1.165) is 57.5 Å². The number of hydrogen-bond donors (Lipinski definition) is 0. The van der Waals surface area contributed by atoms with Crippen LogP contribution in [0.5, 0.6) is 0 Å². The highest BCUT2D eigenvalue weighted by atomic mass is 16.1. The fourth-order valence-electron chi connectivity index (χ4n) is 1.22. The van der Waals surface area contributed by atoms with Crippen molar-refractivity contribution in [2.24, 2.45) is 0 Å². The Hall–Kier alpha value is -1.44. The minimum Gasteiger partial charge on any atom is -0.303 e. The quantitative estimate of drug-likeness (QED) is 0.235. The lowest BCUT2D eigenvalue weighted by molar-refractivity contribution is -0.108. The Balaban J connectivity index is 0. The van der Waals surface area contributed by atoms with Crippen molar-refractivity contribution in [3.05, 3.63) is 37.5 Å². The van der Waals surface area contributed by atoms with Gasteiger partial charge in [0.05, 0.1) is 0 Å². The minimum atomic E-state index is 0.719. The van der Waals surface area contributed by atoms with Crippen molar-refractivity contribution in [3.63, 3.8) is 0 Å². The number of rotatable bonds is 11. The second-order valence-electron chi connectivity index (χ2n) is 3.88. The maximum absolute atomic E-state index is 9.82. The van der Waals surface area contributed by atoms with Gasteiger partial charge >= 0.3 is 0 Å². The summed E-state index contributed by atoms with van der Waals surface area (Å²) < 4.78 is 0. The van der Waals surface area contributed by atoms with E-state index >= 15 is 0 Å². The summed E-state index contributed by atoms with van der Waals surface area (Å²) in [6.07, 6.45) is 17.3. The Labute approximate surface area is 111 Å². The maximum atomic E-state index is 9.82. The molecule has 2 heteroatoms. The number of aldehydes is 2. The van der Waals surface area contributed by atoms with Gasteiger partial charge < -0.3 is 4.79 Å². The molecular weight excluding hydrogens is 224 g/mol. The van der Waals surface area contributed by atoms with E-state index < -0.39 is 0 Å². The predicted molar refractivity (Wildman–Crippen MR) is 78.6 cm³/mol. The molecule has 0 N–H and O–H groups in total. The van der Waals surface area contributed by atoms with Crippen LogP contribution < -0.4 is 0 Å². The van der Waals surface area contributed by atoms with E-state index in [1.165, 1.54) is 12.5 Å². The Bertz CT molecular complexity index is 219. The Kier molecular flexibility index (Phi) is 22.0. The molecule has 0 aliphatic rings.